The van der Waals surface area contributed by atoms with Crippen molar-refractivity contribution in [3.8, 4) is 11.1 Å². The Kier molecular flexibility index (Phi) is 5.74. The Hall–Kier alpha value is -2.48. The molecule has 1 unspecified atom stereocenters. The van der Waals surface area contributed by atoms with Crippen LogP contribution in [0.15, 0.2) is 79.7 Å². The molecule has 1 aliphatic rings. The van der Waals surface area contributed by atoms with E-state index in [0.29, 0.717) is 11.8 Å². The summed E-state index contributed by atoms with van der Waals surface area (Å²) in [6, 6.07) is 19.5. The van der Waals surface area contributed by atoms with Crippen LogP contribution in [-0.2, 0) is 4.74 Å². The fourth-order valence-corrected chi connectivity index (χ4v) is 3.86. The molecule has 1 aliphatic heterocycles. The number of piperidine rings is 1. The average molecular weight is 362 g/mol. The van der Waals surface area contributed by atoms with E-state index >= 15 is 0 Å². The van der Waals surface area contributed by atoms with Gasteiger partial charge in [0.25, 0.3) is 0 Å². The Bertz CT molecular complexity index is 787. The largest absolute Gasteiger partial charge is 0.474 e. The van der Waals surface area contributed by atoms with Gasteiger partial charge in [-0.3, -0.25) is 0 Å². The summed E-state index contributed by atoms with van der Waals surface area (Å²) in [5.74, 6) is 1.63. The van der Waals surface area contributed by atoms with E-state index < -0.39 is 0 Å². The summed E-state index contributed by atoms with van der Waals surface area (Å²) in [6.45, 7) is 16.3. The number of hydrogen-bond acceptors (Lipinski definition) is 2. The lowest BCUT2D eigenvalue weighted by atomic mass is 9.80. The summed E-state index contributed by atoms with van der Waals surface area (Å²) in [7, 11) is 0. The van der Waals surface area contributed by atoms with Crippen LogP contribution in [0.3, 0.4) is 0 Å². The molecular weight excluding hydrogens is 330 g/mol. The molecule has 0 N–H and O–H groups in total. The summed E-state index contributed by atoms with van der Waals surface area (Å²) in [4.78, 5) is 2.26. The number of likely N-dealkylation sites (tertiary alicyclic amines) is 1. The molecule has 0 saturated carbocycles. The van der Waals surface area contributed by atoms with Gasteiger partial charge in [0.2, 0.25) is 0 Å². The van der Waals surface area contributed by atoms with Gasteiger partial charge in [-0.15, -0.1) is 6.58 Å². The molecule has 1 saturated heterocycles. The fourth-order valence-electron chi connectivity index (χ4n) is 3.86. The predicted molar refractivity (Wildman–Crippen MR) is 114 cm³/mol. The lowest BCUT2D eigenvalue weighted by Crippen LogP contribution is -2.40. The first-order valence-electron chi connectivity index (χ1n) is 9.78. The van der Waals surface area contributed by atoms with E-state index in [1.165, 1.54) is 16.7 Å². The third-order valence-electron chi connectivity index (χ3n) is 5.16. The number of benzene rings is 2. The molecule has 142 valence electrons. The smallest absolute Gasteiger partial charge is 0.182 e. The van der Waals surface area contributed by atoms with Crippen molar-refractivity contribution < 1.29 is 4.74 Å². The van der Waals surface area contributed by atoms with Crippen molar-refractivity contribution in [2.24, 2.45) is 5.92 Å². The molecule has 2 aromatic carbocycles. The lowest BCUT2D eigenvalue weighted by molar-refractivity contribution is -0.00721. The highest BCUT2D eigenvalue weighted by molar-refractivity contribution is 5.64. The van der Waals surface area contributed by atoms with E-state index in [4.69, 9.17) is 4.74 Å². The monoisotopic (exact) mass is 361 g/mol. The van der Waals surface area contributed by atoms with E-state index in [9.17, 15) is 0 Å². The van der Waals surface area contributed by atoms with Crippen LogP contribution in [0.1, 0.15) is 38.7 Å². The zero-order chi connectivity index (χ0) is 19.4. The fraction of sp³-hybridized carbons (Fsp3) is 0.360. The SMILES string of the molecule is C=CC1CN(C(=C)OC(C)(C)C)CC[C@@H]1c1cccc(-c2ccccc2)c1. The molecule has 2 atom stereocenters. The van der Waals surface area contributed by atoms with Crippen molar-refractivity contribution in [2.75, 3.05) is 13.1 Å². The van der Waals surface area contributed by atoms with Crippen LogP contribution in [0.2, 0.25) is 0 Å². The standard InChI is InChI=1S/C25H31NO/c1-6-20-18-26(19(2)27-25(3,4)5)16-15-24(20)23-14-10-13-22(17-23)21-11-8-7-9-12-21/h6-14,17,20,24H,1-2,15-16,18H2,3-5H3/t20?,24-/m0/s1. The molecule has 1 fully saturated rings. The number of ether oxygens (including phenoxy) is 1. The van der Waals surface area contributed by atoms with Gasteiger partial charge in [-0.05, 0) is 56.4 Å². The predicted octanol–water partition coefficient (Wildman–Crippen LogP) is 6.23. The van der Waals surface area contributed by atoms with Crippen molar-refractivity contribution in [2.45, 2.75) is 38.7 Å². The van der Waals surface area contributed by atoms with Crippen LogP contribution in [0, 0.1) is 5.92 Å². The van der Waals surface area contributed by atoms with Crippen molar-refractivity contribution in [3.63, 3.8) is 0 Å². The third kappa shape index (κ3) is 4.82. The minimum absolute atomic E-state index is 0.221. The molecule has 0 amide bonds. The van der Waals surface area contributed by atoms with Gasteiger partial charge in [0, 0.05) is 19.0 Å². The minimum Gasteiger partial charge on any atom is -0.474 e. The summed E-state index contributed by atoms with van der Waals surface area (Å²) in [6.07, 6.45) is 3.16. The van der Waals surface area contributed by atoms with Gasteiger partial charge in [-0.2, -0.15) is 0 Å². The Balaban J connectivity index is 1.77. The second-order valence-corrected chi connectivity index (χ2v) is 8.34. The maximum absolute atomic E-state index is 5.99. The van der Waals surface area contributed by atoms with E-state index in [0.717, 1.165) is 25.4 Å². The van der Waals surface area contributed by atoms with E-state index in [2.05, 4.69) is 99.5 Å². The number of hydrogen-bond donors (Lipinski definition) is 0. The molecule has 0 aliphatic carbocycles. The molecule has 2 aromatic rings. The second-order valence-electron chi connectivity index (χ2n) is 8.34. The summed E-state index contributed by atoms with van der Waals surface area (Å²) in [5, 5.41) is 0. The molecule has 0 spiro atoms. The highest BCUT2D eigenvalue weighted by Crippen LogP contribution is 2.36. The molecule has 27 heavy (non-hydrogen) atoms. The number of rotatable bonds is 5. The van der Waals surface area contributed by atoms with Crippen LogP contribution in [0.4, 0.5) is 0 Å². The summed E-state index contributed by atoms with van der Waals surface area (Å²) in [5.41, 5.74) is 3.71. The quantitative estimate of drug-likeness (QED) is 0.462. The van der Waals surface area contributed by atoms with E-state index in [1.54, 1.807) is 0 Å². The van der Waals surface area contributed by atoms with Gasteiger partial charge in [-0.25, -0.2) is 0 Å². The minimum atomic E-state index is -0.221. The lowest BCUT2D eigenvalue weighted by Gasteiger charge is -2.40. The molecule has 0 aromatic heterocycles. The van der Waals surface area contributed by atoms with Crippen LogP contribution in [0.25, 0.3) is 11.1 Å². The van der Waals surface area contributed by atoms with Crippen molar-refractivity contribution in [3.05, 3.63) is 85.3 Å². The van der Waals surface area contributed by atoms with Crippen LogP contribution in [0.5, 0.6) is 0 Å². The second kappa shape index (κ2) is 8.04. The average Bonchev–Trinajstić information content (AvgIpc) is 2.67. The Labute approximate surface area is 164 Å². The van der Waals surface area contributed by atoms with Gasteiger partial charge in [0.15, 0.2) is 5.88 Å². The van der Waals surface area contributed by atoms with Gasteiger partial charge in [0.05, 0.1) is 0 Å². The molecule has 0 radical (unpaired) electrons. The first-order chi connectivity index (χ1) is 12.9. The third-order valence-corrected chi connectivity index (χ3v) is 5.16. The van der Waals surface area contributed by atoms with E-state index in [1.807, 2.05) is 0 Å². The highest BCUT2D eigenvalue weighted by Gasteiger charge is 2.30. The molecule has 3 rings (SSSR count). The van der Waals surface area contributed by atoms with E-state index in [-0.39, 0.29) is 5.60 Å². The maximum Gasteiger partial charge on any atom is 0.182 e. The summed E-state index contributed by atoms with van der Waals surface area (Å²) < 4.78 is 5.99. The van der Waals surface area contributed by atoms with Crippen molar-refractivity contribution in [1.82, 2.24) is 4.90 Å². The van der Waals surface area contributed by atoms with Crippen molar-refractivity contribution >= 4 is 0 Å². The normalized spacial score (nSPS) is 20.2. The molecule has 2 heteroatoms. The van der Waals surface area contributed by atoms with Gasteiger partial charge in [0.1, 0.15) is 5.60 Å². The Morgan fingerprint density at radius 2 is 1.78 bits per heavy atom. The highest BCUT2D eigenvalue weighted by atomic mass is 16.5. The van der Waals surface area contributed by atoms with Gasteiger partial charge >= 0.3 is 0 Å². The zero-order valence-corrected chi connectivity index (χ0v) is 16.8. The zero-order valence-electron chi connectivity index (χ0n) is 16.8. The Morgan fingerprint density at radius 1 is 1.07 bits per heavy atom. The van der Waals surface area contributed by atoms with Crippen LogP contribution in [-0.4, -0.2) is 23.6 Å². The first kappa shape index (κ1) is 19.3. The molecule has 1 heterocycles. The van der Waals surface area contributed by atoms with Crippen LogP contribution >= 0.6 is 0 Å². The maximum atomic E-state index is 5.99. The van der Waals surface area contributed by atoms with Gasteiger partial charge in [-0.1, -0.05) is 60.7 Å². The molecule has 2 nitrogen and oxygen atoms in total. The summed E-state index contributed by atoms with van der Waals surface area (Å²) >= 11 is 0. The Morgan fingerprint density at radius 3 is 2.44 bits per heavy atom. The van der Waals surface area contributed by atoms with Crippen LogP contribution < -0.4 is 0 Å². The van der Waals surface area contributed by atoms with Crippen molar-refractivity contribution in [1.29, 1.82) is 0 Å². The molecule has 0 bridgehead atoms. The topological polar surface area (TPSA) is 12.5 Å². The number of nitrogens with zero attached hydrogens (tertiary/aromatic N) is 1. The van der Waals surface area contributed by atoms with Gasteiger partial charge < -0.3 is 9.64 Å². The first-order valence-corrected chi connectivity index (χ1v) is 9.78. The molecular formula is C25H31NO.